The van der Waals surface area contributed by atoms with E-state index in [2.05, 4.69) is 16.3 Å². The molecule has 2 aromatic rings. The number of rotatable bonds is 8. The summed E-state index contributed by atoms with van der Waals surface area (Å²) < 4.78 is 29.4. The third kappa shape index (κ3) is 5.62. The molecule has 0 radical (unpaired) electrons. The van der Waals surface area contributed by atoms with Gasteiger partial charge in [-0.15, -0.1) is 11.0 Å². The summed E-state index contributed by atoms with van der Waals surface area (Å²) in [6.45, 7) is 5.70. The van der Waals surface area contributed by atoms with E-state index in [0.717, 1.165) is 23.7 Å². The van der Waals surface area contributed by atoms with E-state index < -0.39 is 15.3 Å². The Morgan fingerprint density at radius 3 is 2.48 bits per heavy atom. The molecule has 1 N–H and O–H groups in total. The molecule has 2 aromatic carbocycles. The zero-order chi connectivity index (χ0) is 22.4. The predicted octanol–water partition coefficient (Wildman–Crippen LogP) is 3.45. The van der Waals surface area contributed by atoms with Crippen LogP contribution in [0.25, 0.3) is 0 Å². The molecule has 1 aliphatic heterocycles. The lowest BCUT2D eigenvalue weighted by atomic mass is 10.2. The maximum atomic E-state index is 12.8. The average Bonchev–Trinajstić information content (AvgIpc) is 3.03. The first-order valence-electron chi connectivity index (χ1n) is 9.71. The third-order valence-electron chi connectivity index (χ3n) is 4.59. The quantitative estimate of drug-likeness (QED) is 0.613. The van der Waals surface area contributed by atoms with Crippen molar-refractivity contribution in [2.75, 3.05) is 11.9 Å². The van der Waals surface area contributed by atoms with Gasteiger partial charge in [-0.05, 0) is 36.2 Å². The highest BCUT2D eigenvalue weighted by Crippen LogP contribution is 2.31. The van der Waals surface area contributed by atoms with Crippen molar-refractivity contribution in [3.05, 3.63) is 72.8 Å². The second-order valence-electron chi connectivity index (χ2n) is 6.81. The molecule has 0 saturated carbocycles. The van der Waals surface area contributed by atoms with Crippen LogP contribution in [0.4, 0.5) is 5.69 Å². The summed E-state index contributed by atoms with van der Waals surface area (Å²) in [6, 6.07) is 15.4. The van der Waals surface area contributed by atoms with Crippen LogP contribution < -0.4 is 5.32 Å². The smallest absolute Gasteiger partial charge is 0.284 e. The third-order valence-corrected chi connectivity index (χ3v) is 7.16. The number of nitrogens with one attached hydrogen (secondary N) is 1. The number of thioether (sulfide) groups is 1. The van der Waals surface area contributed by atoms with Gasteiger partial charge in [0.05, 0.1) is 4.90 Å². The summed E-state index contributed by atoms with van der Waals surface area (Å²) >= 11 is 0.974. The molecule has 162 valence electrons. The Kier molecular flexibility index (Phi) is 7.29. The van der Waals surface area contributed by atoms with Crippen LogP contribution in [-0.4, -0.2) is 42.1 Å². The number of nitrogens with zero attached hydrogens (tertiary/aromatic N) is 2. The molecule has 0 unspecified atom stereocenters. The fourth-order valence-electron chi connectivity index (χ4n) is 2.96. The number of amidine groups is 1. The van der Waals surface area contributed by atoms with E-state index in [1.807, 2.05) is 13.0 Å². The number of sulfonamides is 1. The molecule has 1 saturated heterocycles. The molecule has 2 amide bonds. The van der Waals surface area contributed by atoms with E-state index in [4.69, 9.17) is 0 Å². The van der Waals surface area contributed by atoms with E-state index in [-0.39, 0.29) is 34.8 Å². The summed E-state index contributed by atoms with van der Waals surface area (Å²) in [6.07, 6.45) is 2.18. The van der Waals surface area contributed by atoms with Crippen molar-refractivity contribution in [1.82, 2.24) is 4.90 Å². The lowest BCUT2D eigenvalue weighted by Crippen LogP contribution is -2.33. The maximum Gasteiger partial charge on any atom is 0.284 e. The monoisotopic (exact) mass is 457 g/mol. The van der Waals surface area contributed by atoms with Crippen LogP contribution in [0, 0.1) is 0 Å². The second-order valence-corrected chi connectivity index (χ2v) is 9.58. The fraction of sp³-hybridized carbons (Fsp3) is 0.227. The zero-order valence-corrected chi connectivity index (χ0v) is 18.7. The molecule has 1 aliphatic rings. The molecular formula is C22H23N3O4S2. The number of aryl methyl sites for hydroxylation is 1. The number of anilines is 1. The molecule has 31 heavy (non-hydrogen) atoms. The van der Waals surface area contributed by atoms with Gasteiger partial charge >= 0.3 is 0 Å². The zero-order valence-electron chi connectivity index (χ0n) is 17.0. The molecule has 1 atom stereocenters. The predicted molar refractivity (Wildman–Crippen MR) is 123 cm³/mol. The van der Waals surface area contributed by atoms with Gasteiger partial charge < -0.3 is 5.32 Å². The van der Waals surface area contributed by atoms with Gasteiger partial charge in [-0.1, -0.05) is 55.1 Å². The fourth-order valence-corrected chi connectivity index (χ4v) is 5.33. The summed E-state index contributed by atoms with van der Waals surface area (Å²) in [7, 11) is -4.01. The normalized spacial score (nSPS) is 17.7. The topological polar surface area (TPSA) is 95.9 Å². The number of para-hydroxylation sites is 1. The summed E-state index contributed by atoms with van der Waals surface area (Å²) in [5, 5.41) is 2.01. The Morgan fingerprint density at radius 2 is 1.87 bits per heavy atom. The number of carbonyl (C=O) groups is 2. The summed E-state index contributed by atoms with van der Waals surface area (Å²) in [5.41, 5.74) is 1.63. The van der Waals surface area contributed by atoms with Crippen molar-refractivity contribution < 1.29 is 18.0 Å². The molecule has 0 aromatic heterocycles. The van der Waals surface area contributed by atoms with Crippen molar-refractivity contribution in [1.29, 1.82) is 0 Å². The standard InChI is InChI=1S/C22H23N3O4S2/c1-3-14-25-21(27)19(15-20(26)23-17-8-6-5-7-9-17)30-22(25)24-31(28,29)18-12-10-16(4-2)11-13-18/h3,5-13,19H,1,4,14-15H2,2H3,(H,23,26)/t19-/m0/s1. The first kappa shape index (κ1) is 22.8. The van der Waals surface area contributed by atoms with E-state index in [9.17, 15) is 18.0 Å². The molecule has 0 spiro atoms. The number of benzene rings is 2. The molecule has 1 fully saturated rings. The summed E-state index contributed by atoms with van der Waals surface area (Å²) in [4.78, 5) is 26.5. The minimum absolute atomic E-state index is 0.0435. The molecule has 1 heterocycles. The van der Waals surface area contributed by atoms with Gasteiger partial charge in [0.25, 0.3) is 10.0 Å². The van der Waals surface area contributed by atoms with Crippen molar-refractivity contribution in [2.45, 2.75) is 29.9 Å². The van der Waals surface area contributed by atoms with Crippen LogP contribution in [0.5, 0.6) is 0 Å². The Labute approximate surface area is 186 Å². The van der Waals surface area contributed by atoms with Crippen LogP contribution in [-0.2, 0) is 26.0 Å². The van der Waals surface area contributed by atoms with Crippen LogP contribution in [0.3, 0.4) is 0 Å². The number of amides is 2. The SMILES string of the molecule is C=CCN1C(=O)[C@H](CC(=O)Nc2ccccc2)SC1=NS(=O)(=O)c1ccc(CC)cc1. The van der Waals surface area contributed by atoms with E-state index in [0.29, 0.717) is 5.69 Å². The van der Waals surface area contributed by atoms with Gasteiger partial charge in [-0.3, -0.25) is 14.5 Å². The second kappa shape index (κ2) is 9.93. The lowest BCUT2D eigenvalue weighted by Gasteiger charge is -2.13. The van der Waals surface area contributed by atoms with Crippen molar-refractivity contribution in [3.63, 3.8) is 0 Å². The number of hydrogen-bond acceptors (Lipinski definition) is 5. The first-order valence-corrected chi connectivity index (χ1v) is 12.0. The van der Waals surface area contributed by atoms with Gasteiger partial charge in [0.2, 0.25) is 11.8 Å². The van der Waals surface area contributed by atoms with Crippen LogP contribution >= 0.6 is 11.8 Å². The van der Waals surface area contributed by atoms with Gasteiger partial charge in [-0.2, -0.15) is 8.42 Å². The summed E-state index contributed by atoms with van der Waals surface area (Å²) in [5.74, 6) is -0.710. The van der Waals surface area contributed by atoms with Crippen molar-refractivity contribution in [3.8, 4) is 0 Å². The van der Waals surface area contributed by atoms with Crippen LogP contribution in [0.1, 0.15) is 18.9 Å². The maximum absolute atomic E-state index is 12.8. The molecule has 3 rings (SSSR count). The van der Waals surface area contributed by atoms with Gasteiger partial charge in [0, 0.05) is 18.7 Å². The van der Waals surface area contributed by atoms with E-state index in [1.54, 1.807) is 36.4 Å². The lowest BCUT2D eigenvalue weighted by molar-refractivity contribution is -0.127. The average molecular weight is 458 g/mol. The van der Waals surface area contributed by atoms with Gasteiger partial charge in [0.15, 0.2) is 5.17 Å². The van der Waals surface area contributed by atoms with Crippen molar-refractivity contribution >= 4 is 44.5 Å². The van der Waals surface area contributed by atoms with Gasteiger partial charge in [0.1, 0.15) is 5.25 Å². The largest absolute Gasteiger partial charge is 0.326 e. The molecule has 9 heteroatoms. The molecule has 0 aliphatic carbocycles. The van der Waals surface area contributed by atoms with Crippen LogP contribution in [0.2, 0.25) is 0 Å². The minimum Gasteiger partial charge on any atom is -0.326 e. The Hall–Kier alpha value is -2.91. The van der Waals surface area contributed by atoms with E-state index >= 15 is 0 Å². The van der Waals surface area contributed by atoms with Gasteiger partial charge in [-0.25, -0.2) is 0 Å². The van der Waals surface area contributed by atoms with E-state index in [1.165, 1.54) is 23.1 Å². The minimum atomic E-state index is -4.01. The first-order chi connectivity index (χ1) is 14.8. The van der Waals surface area contributed by atoms with Crippen LogP contribution in [0.15, 0.2) is 76.5 Å². The highest BCUT2D eigenvalue weighted by molar-refractivity contribution is 8.16. The number of carbonyl (C=O) groups excluding carboxylic acids is 2. The Morgan fingerprint density at radius 1 is 1.19 bits per heavy atom. The Balaban J connectivity index is 1.79. The molecule has 7 nitrogen and oxygen atoms in total. The highest BCUT2D eigenvalue weighted by Gasteiger charge is 2.39. The molecular weight excluding hydrogens is 434 g/mol. The van der Waals surface area contributed by atoms with Crippen molar-refractivity contribution in [2.24, 2.45) is 4.40 Å². The molecule has 0 bridgehead atoms. The Bertz CT molecular complexity index is 1100. The number of hydrogen-bond donors (Lipinski definition) is 1. The highest BCUT2D eigenvalue weighted by atomic mass is 32.2.